The van der Waals surface area contributed by atoms with Gasteiger partial charge in [0.05, 0.1) is 31.9 Å². The highest BCUT2D eigenvalue weighted by atomic mass is 16.5. The van der Waals surface area contributed by atoms with Gasteiger partial charge in [-0.05, 0) is 24.6 Å². The molecule has 0 spiro atoms. The molecule has 5 nitrogen and oxygen atoms in total. The van der Waals surface area contributed by atoms with Gasteiger partial charge in [0.15, 0.2) is 0 Å². The van der Waals surface area contributed by atoms with Gasteiger partial charge in [0, 0.05) is 13.1 Å². The van der Waals surface area contributed by atoms with Gasteiger partial charge in [0.2, 0.25) is 5.91 Å². The van der Waals surface area contributed by atoms with Crippen LogP contribution in [0.3, 0.4) is 0 Å². The van der Waals surface area contributed by atoms with E-state index in [0.29, 0.717) is 24.5 Å². The predicted octanol–water partition coefficient (Wildman–Crippen LogP) is 1.32. The fraction of sp³-hybridized carbons (Fsp3) is 0.500. The number of methoxy groups -OCH3 is 1. The zero-order valence-corrected chi connectivity index (χ0v) is 11.4. The molecule has 19 heavy (non-hydrogen) atoms. The summed E-state index contributed by atoms with van der Waals surface area (Å²) < 4.78 is 10.8. The third-order valence-corrected chi connectivity index (χ3v) is 3.05. The first-order valence-corrected chi connectivity index (χ1v) is 6.46. The van der Waals surface area contributed by atoms with Crippen LogP contribution in [0.5, 0.6) is 5.75 Å². The second kappa shape index (κ2) is 6.54. The van der Waals surface area contributed by atoms with Crippen molar-refractivity contribution in [2.75, 3.05) is 32.1 Å². The molecule has 1 saturated heterocycles. The number of carbonyl (C=O) groups excluding carboxylic acids is 1. The molecule has 1 amide bonds. The first-order valence-electron chi connectivity index (χ1n) is 6.46. The maximum atomic E-state index is 12.0. The molecule has 0 aliphatic carbocycles. The van der Waals surface area contributed by atoms with Gasteiger partial charge in [0.1, 0.15) is 5.75 Å². The van der Waals surface area contributed by atoms with E-state index in [-0.39, 0.29) is 12.0 Å². The van der Waals surface area contributed by atoms with Crippen LogP contribution >= 0.6 is 0 Å². The molecule has 1 aliphatic rings. The average Bonchev–Trinajstić information content (AvgIpc) is 2.42. The summed E-state index contributed by atoms with van der Waals surface area (Å²) in [4.78, 5) is 12.0. The normalized spacial score (nSPS) is 18.9. The van der Waals surface area contributed by atoms with E-state index in [9.17, 15) is 4.79 Å². The second-order valence-corrected chi connectivity index (χ2v) is 4.65. The van der Waals surface area contributed by atoms with Crippen LogP contribution in [0.25, 0.3) is 0 Å². The lowest BCUT2D eigenvalue weighted by molar-refractivity contribution is -0.119. The van der Waals surface area contributed by atoms with Crippen LogP contribution in [0, 0.1) is 6.92 Å². The van der Waals surface area contributed by atoms with E-state index in [0.717, 1.165) is 18.7 Å². The maximum Gasteiger partial charge on any atom is 0.227 e. The van der Waals surface area contributed by atoms with Gasteiger partial charge in [0.25, 0.3) is 0 Å². The Bertz CT molecular complexity index is 442. The SMILES string of the molecule is COc1cc(C)ccc1NC(=O)CC1CNCCO1. The standard InChI is InChI=1S/C14H20N2O3/c1-10-3-4-12(13(7-10)18-2)16-14(17)8-11-9-15-5-6-19-11/h3-4,7,11,15H,5-6,8-9H2,1-2H3,(H,16,17). The van der Waals surface area contributed by atoms with E-state index >= 15 is 0 Å². The molecule has 0 bridgehead atoms. The Hall–Kier alpha value is -1.59. The van der Waals surface area contributed by atoms with Crippen molar-refractivity contribution in [1.29, 1.82) is 0 Å². The van der Waals surface area contributed by atoms with E-state index < -0.39 is 0 Å². The van der Waals surface area contributed by atoms with E-state index in [1.54, 1.807) is 7.11 Å². The molecule has 2 N–H and O–H groups in total. The number of hydrogen-bond acceptors (Lipinski definition) is 4. The number of hydrogen-bond donors (Lipinski definition) is 2. The third-order valence-electron chi connectivity index (χ3n) is 3.05. The van der Waals surface area contributed by atoms with E-state index in [4.69, 9.17) is 9.47 Å². The molecule has 0 saturated carbocycles. The number of nitrogens with one attached hydrogen (secondary N) is 2. The van der Waals surface area contributed by atoms with Crippen LogP contribution in [-0.4, -0.2) is 38.8 Å². The van der Waals surface area contributed by atoms with Gasteiger partial charge in [-0.3, -0.25) is 4.79 Å². The second-order valence-electron chi connectivity index (χ2n) is 4.65. The van der Waals surface area contributed by atoms with Crippen LogP contribution in [-0.2, 0) is 9.53 Å². The molecule has 0 aromatic heterocycles. The van der Waals surface area contributed by atoms with Crippen molar-refractivity contribution in [3.05, 3.63) is 23.8 Å². The Morgan fingerprint density at radius 3 is 3.11 bits per heavy atom. The summed E-state index contributed by atoms with van der Waals surface area (Å²) in [5.74, 6) is 0.617. The largest absolute Gasteiger partial charge is 0.495 e. The van der Waals surface area contributed by atoms with E-state index in [1.807, 2.05) is 25.1 Å². The van der Waals surface area contributed by atoms with Crippen molar-refractivity contribution in [2.24, 2.45) is 0 Å². The Labute approximate surface area is 113 Å². The number of amides is 1. The lowest BCUT2D eigenvalue weighted by Crippen LogP contribution is -2.40. The van der Waals surface area contributed by atoms with Crippen LogP contribution in [0.4, 0.5) is 5.69 Å². The van der Waals surface area contributed by atoms with Crippen molar-refractivity contribution in [1.82, 2.24) is 5.32 Å². The number of morpholine rings is 1. The summed E-state index contributed by atoms with van der Waals surface area (Å²) in [5.41, 5.74) is 1.79. The number of rotatable bonds is 4. The van der Waals surface area contributed by atoms with Gasteiger partial charge < -0.3 is 20.1 Å². The zero-order chi connectivity index (χ0) is 13.7. The Balaban J connectivity index is 1.94. The molecule has 1 unspecified atom stereocenters. The summed E-state index contributed by atoms with van der Waals surface area (Å²) in [5, 5.41) is 6.07. The molecule has 1 aliphatic heterocycles. The summed E-state index contributed by atoms with van der Waals surface area (Å²) in [6.45, 7) is 4.21. The fourth-order valence-electron chi connectivity index (χ4n) is 2.06. The summed E-state index contributed by atoms with van der Waals surface area (Å²) in [6, 6.07) is 5.69. The van der Waals surface area contributed by atoms with Crippen molar-refractivity contribution < 1.29 is 14.3 Å². The van der Waals surface area contributed by atoms with Gasteiger partial charge in [-0.2, -0.15) is 0 Å². The smallest absolute Gasteiger partial charge is 0.227 e. The fourth-order valence-corrected chi connectivity index (χ4v) is 2.06. The van der Waals surface area contributed by atoms with Crippen molar-refractivity contribution in [3.8, 4) is 5.75 Å². The molecule has 1 atom stereocenters. The van der Waals surface area contributed by atoms with Gasteiger partial charge in [-0.15, -0.1) is 0 Å². The van der Waals surface area contributed by atoms with Crippen molar-refractivity contribution in [3.63, 3.8) is 0 Å². The molecular formula is C14H20N2O3. The van der Waals surface area contributed by atoms with Gasteiger partial charge in [-0.25, -0.2) is 0 Å². The highest BCUT2D eigenvalue weighted by Crippen LogP contribution is 2.25. The molecule has 104 valence electrons. The minimum absolute atomic E-state index is 0.0507. The average molecular weight is 264 g/mol. The molecular weight excluding hydrogens is 244 g/mol. The van der Waals surface area contributed by atoms with Gasteiger partial charge >= 0.3 is 0 Å². The number of anilines is 1. The molecule has 1 fully saturated rings. The number of ether oxygens (including phenoxy) is 2. The first kappa shape index (κ1) is 13.8. The highest BCUT2D eigenvalue weighted by molar-refractivity contribution is 5.92. The molecule has 1 heterocycles. The molecule has 1 aromatic carbocycles. The quantitative estimate of drug-likeness (QED) is 0.861. The number of aryl methyl sites for hydroxylation is 1. The summed E-state index contributed by atoms with van der Waals surface area (Å²) in [7, 11) is 1.60. The lowest BCUT2D eigenvalue weighted by atomic mass is 10.2. The summed E-state index contributed by atoms with van der Waals surface area (Å²) >= 11 is 0. The first-order chi connectivity index (χ1) is 9.19. The Kier molecular flexibility index (Phi) is 4.76. The van der Waals surface area contributed by atoms with Gasteiger partial charge in [-0.1, -0.05) is 6.07 Å². The van der Waals surface area contributed by atoms with Crippen molar-refractivity contribution >= 4 is 11.6 Å². The van der Waals surface area contributed by atoms with E-state index in [1.165, 1.54) is 0 Å². The Morgan fingerprint density at radius 2 is 2.42 bits per heavy atom. The minimum Gasteiger partial charge on any atom is -0.495 e. The Morgan fingerprint density at radius 1 is 1.58 bits per heavy atom. The van der Waals surface area contributed by atoms with Crippen molar-refractivity contribution in [2.45, 2.75) is 19.4 Å². The highest BCUT2D eigenvalue weighted by Gasteiger charge is 2.18. The zero-order valence-electron chi connectivity index (χ0n) is 11.4. The molecule has 1 aromatic rings. The minimum atomic E-state index is -0.0594. The summed E-state index contributed by atoms with van der Waals surface area (Å²) in [6.07, 6.45) is 0.300. The predicted molar refractivity (Wildman–Crippen MR) is 73.6 cm³/mol. The van der Waals surface area contributed by atoms with E-state index in [2.05, 4.69) is 10.6 Å². The monoisotopic (exact) mass is 264 g/mol. The molecule has 5 heteroatoms. The van der Waals surface area contributed by atoms with Crippen LogP contribution in [0.1, 0.15) is 12.0 Å². The third kappa shape index (κ3) is 3.94. The maximum absolute atomic E-state index is 12.0. The molecule has 0 radical (unpaired) electrons. The number of benzene rings is 1. The molecule has 2 rings (SSSR count). The topological polar surface area (TPSA) is 59.6 Å². The lowest BCUT2D eigenvalue weighted by Gasteiger charge is -2.23. The van der Waals surface area contributed by atoms with Crippen LogP contribution in [0.15, 0.2) is 18.2 Å². The van der Waals surface area contributed by atoms with Crippen LogP contribution in [0.2, 0.25) is 0 Å². The van der Waals surface area contributed by atoms with Crippen LogP contribution < -0.4 is 15.4 Å². The number of carbonyl (C=O) groups is 1.